The number of benzene rings is 1. The molecule has 30 heavy (non-hydrogen) atoms. The number of rotatable bonds is 4. The van der Waals surface area contributed by atoms with Crippen molar-refractivity contribution in [2.75, 3.05) is 49.6 Å². The van der Waals surface area contributed by atoms with Crippen molar-refractivity contribution in [3.63, 3.8) is 0 Å². The zero-order valence-corrected chi connectivity index (χ0v) is 17.9. The summed E-state index contributed by atoms with van der Waals surface area (Å²) in [4.78, 5) is 21.0. The van der Waals surface area contributed by atoms with Crippen molar-refractivity contribution in [2.24, 2.45) is 5.92 Å². The third kappa shape index (κ3) is 3.64. The molecule has 160 valence electrons. The second-order valence-electron chi connectivity index (χ2n) is 8.85. The maximum absolute atomic E-state index is 12.1. The molecular weight excluding hydrogens is 404 g/mol. The van der Waals surface area contributed by atoms with Crippen molar-refractivity contribution in [2.45, 2.75) is 31.4 Å². The SMILES string of the molecule is C[C@@]1(N2CCN(c3cc4cc(NC(=O)C5CC5)ncc4cc3Cl)CC2)COC[C@@H]1O. The quantitative estimate of drug-likeness (QED) is 0.776. The molecule has 3 heterocycles. The highest BCUT2D eigenvalue weighted by molar-refractivity contribution is 6.34. The van der Waals surface area contributed by atoms with E-state index in [9.17, 15) is 9.90 Å². The van der Waals surface area contributed by atoms with Crippen molar-refractivity contribution in [3.05, 3.63) is 29.4 Å². The molecule has 2 aromatic rings. The molecule has 0 unspecified atom stereocenters. The van der Waals surface area contributed by atoms with E-state index in [-0.39, 0.29) is 17.4 Å². The van der Waals surface area contributed by atoms with E-state index in [1.165, 1.54) is 0 Å². The lowest BCUT2D eigenvalue weighted by Crippen LogP contribution is -2.60. The van der Waals surface area contributed by atoms with E-state index in [1.54, 1.807) is 6.20 Å². The molecular formula is C22H27ClN4O3. The number of carbonyl (C=O) groups is 1. The van der Waals surface area contributed by atoms with Gasteiger partial charge in [0.2, 0.25) is 5.91 Å². The number of halogens is 1. The Hall–Kier alpha value is -1.93. The van der Waals surface area contributed by atoms with Crippen LogP contribution in [0, 0.1) is 5.92 Å². The zero-order valence-electron chi connectivity index (χ0n) is 17.1. The Labute approximate surface area is 181 Å². The summed E-state index contributed by atoms with van der Waals surface area (Å²) >= 11 is 6.61. The number of nitrogens with zero attached hydrogens (tertiary/aromatic N) is 3. The number of ether oxygens (including phenoxy) is 1. The first-order chi connectivity index (χ1) is 14.4. The monoisotopic (exact) mass is 430 g/mol. The standard InChI is InChI=1S/C22H27ClN4O3/c1-22(13-30-12-19(22)28)27-6-4-26(5-7-27)18-9-15-10-20(25-21(29)14-2-3-14)24-11-16(15)8-17(18)23/h8-11,14,19,28H,2-7,12-13H2,1H3,(H,24,25,29)/t19-,22+/m0/s1. The van der Waals surface area contributed by atoms with Crippen molar-refractivity contribution < 1.29 is 14.6 Å². The predicted molar refractivity (Wildman–Crippen MR) is 117 cm³/mol. The Bertz CT molecular complexity index is 974. The highest BCUT2D eigenvalue weighted by Crippen LogP contribution is 2.35. The van der Waals surface area contributed by atoms with Crippen molar-refractivity contribution in [3.8, 4) is 0 Å². The number of aromatic nitrogens is 1. The van der Waals surface area contributed by atoms with Gasteiger partial charge in [-0.25, -0.2) is 4.98 Å². The topological polar surface area (TPSA) is 77.9 Å². The summed E-state index contributed by atoms with van der Waals surface area (Å²) in [6.45, 7) is 6.37. The highest BCUT2D eigenvalue weighted by Gasteiger charge is 2.44. The van der Waals surface area contributed by atoms with Gasteiger partial charge in [0, 0.05) is 43.7 Å². The summed E-state index contributed by atoms with van der Waals surface area (Å²) in [5, 5.41) is 15.9. The molecule has 1 saturated carbocycles. The second kappa shape index (κ2) is 7.64. The summed E-state index contributed by atoms with van der Waals surface area (Å²) in [7, 11) is 0. The second-order valence-corrected chi connectivity index (χ2v) is 9.25. The van der Waals surface area contributed by atoms with Crippen molar-refractivity contribution >= 4 is 39.8 Å². The van der Waals surface area contributed by atoms with Gasteiger partial charge in [-0.1, -0.05) is 11.6 Å². The average Bonchev–Trinajstić information content (AvgIpc) is 3.54. The molecule has 2 atom stereocenters. The van der Waals surface area contributed by atoms with E-state index in [0.29, 0.717) is 24.1 Å². The molecule has 3 aliphatic rings. The minimum absolute atomic E-state index is 0.0544. The summed E-state index contributed by atoms with van der Waals surface area (Å²) in [5.74, 6) is 0.782. The Kier molecular flexibility index (Phi) is 5.09. The van der Waals surface area contributed by atoms with Crippen LogP contribution in [0.4, 0.5) is 11.5 Å². The molecule has 3 fully saturated rings. The Morgan fingerprint density at radius 2 is 2.00 bits per heavy atom. The van der Waals surface area contributed by atoms with Crippen LogP contribution < -0.4 is 10.2 Å². The summed E-state index contributed by atoms with van der Waals surface area (Å²) < 4.78 is 5.50. The van der Waals surface area contributed by atoms with E-state index in [4.69, 9.17) is 16.3 Å². The molecule has 1 aromatic heterocycles. The number of hydrogen-bond donors (Lipinski definition) is 2. The summed E-state index contributed by atoms with van der Waals surface area (Å²) in [5.41, 5.74) is 0.669. The van der Waals surface area contributed by atoms with Crippen LogP contribution in [0.2, 0.25) is 5.02 Å². The molecule has 2 aliphatic heterocycles. The molecule has 0 bridgehead atoms. The van der Waals surface area contributed by atoms with Crippen LogP contribution >= 0.6 is 11.6 Å². The lowest BCUT2D eigenvalue weighted by Gasteiger charge is -2.45. The number of pyridine rings is 1. The van der Waals surface area contributed by atoms with Gasteiger partial charge in [-0.2, -0.15) is 0 Å². The van der Waals surface area contributed by atoms with Gasteiger partial charge in [-0.15, -0.1) is 0 Å². The molecule has 1 aromatic carbocycles. The van der Waals surface area contributed by atoms with Crippen LogP contribution in [0.3, 0.4) is 0 Å². The first-order valence-corrected chi connectivity index (χ1v) is 11.0. The van der Waals surface area contributed by atoms with Crippen LogP contribution in [0.5, 0.6) is 0 Å². The van der Waals surface area contributed by atoms with Crippen LogP contribution in [0.25, 0.3) is 10.8 Å². The van der Waals surface area contributed by atoms with Crippen LogP contribution in [0.1, 0.15) is 19.8 Å². The van der Waals surface area contributed by atoms with E-state index in [2.05, 4.69) is 33.1 Å². The number of aliphatic hydroxyl groups excluding tert-OH is 1. The maximum Gasteiger partial charge on any atom is 0.228 e. The van der Waals surface area contributed by atoms with E-state index < -0.39 is 6.10 Å². The first kappa shape index (κ1) is 20.0. The average molecular weight is 431 g/mol. The smallest absolute Gasteiger partial charge is 0.228 e. The Morgan fingerprint density at radius 1 is 1.23 bits per heavy atom. The lowest BCUT2D eigenvalue weighted by molar-refractivity contribution is -0.117. The van der Waals surface area contributed by atoms with Crippen LogP contribution in [-0.4, -0.2) is 71.9 Å². The Balaban J connectivity index is 1.33. The number of anilines is 2. The molecule has 1 amide bonds. The lowest BCUT2D eigenvalue weighted by atomic mass is 9.95. The molecule has 2 N–H and O–H groups in total. The van der Waals surface area contributed by atoms with Crippen molar-refractivity contribution in [1.82, 2.24) is 9.88 Å². The molecule has 8 heteroatoms. The van der Waals surface area contributed by atoms with E-state index >= 15 is 0 Å². The number of nitrogens with one attached hydrogen (secondary N) is 1. The number of fused-ring (bicyclic) bond motifs is 1. The third-order valence-corrected chi connectivity index (χ3v) is 7.02. The largest absolute Gasteiger partial charge is 0.389 e. The molecule has 7 nitrogen and oxygen atoms in total. The van der Waals surface area contributed by atoms with Gasteiger partial charge < -0.3 is 20.1 Å². The first-order valence-electron chi connectivity index (χ1n) is 10.6. The zero-order chi connectivity index (χ0) is 20.9. The molecule has 1 aliphatic carbocycles. The number of piperazine rings is 1. The maximum atomic E-state index is 12.1. The Morgan fingerprint density at radius 3 is 2.67 bits per heavy atom. The minimum atomic E-state index is -0.454. The number of aliphatic hydroxyl groups is 1. The molecule has 0 radical (unpaired) electrons. The number of hydrogen-bond acceptors (Lipinski definition) is 6. The fourth-order valence-corrected chi connectivity index (χ4v) is 4.74. The van der Waals surface area contributed by atoms with Crippen LogP contribution in [-0.2, 0) is 9.53 Å². The molecule has 2 saturated heterocycles. The van der Waals surface area contributed by atoms with Gasteiger partial charge in [0.15, 0.2) is 0 Å². The van der Waals surface area contributed by atoms with Gasteiger partial charge in [0.1, 0.15) is 5.82 Å². The van der Waals surface area contributed by atoms with Gasteiger partial charge >= 0.3 is 0 Å². The van der Waals surface area contributed by atoms with Gasteiger partial charge in [-0.05, 0) is 43.4 Å². The van der Waals surface area contributed by atoms with Gasteiger partial charge in [0.25, 0.3) is 0 Å². The summed E-state index contributed by atoms with van der Waals surface area (Å²) in [6, 6.07) is 5.93. The van der Waals surface area contributed by atoms with Gasteiger partial charge in [0.05, 0.1) is 35.6 Å². The molecule has 5 rings (SSSR count). The molecule has 0 spiro atoms. The van der Waals surface area contributed by atoms with Crippen molar-refractivity contribution in [1.29, 1.82) is 0 Å². The number of amides is 1. The highest BCUT2D eigenvalue weighted by atomic mass is 35.5. The minimum Gasteiger partial charge on any atom is -0.389 e. The fourth-order valence-electron chi connectivity index (χ4n) is 4.45. The summed E-state index contributed by atoms with van der Waals surface area (Å²) in [6.07, 6.45) is 3.24. The third-order valence-electron chi connectivity index (χ3n) is 6.72. The van der Waals surface area contributed by atoms with Crippen LogP contribution in [0.15, 0.2) is 24.4 Å². The predicted octanol–water partition coefficient (Wildman–Crippen LogP) is 2.51. The van der Waals surface area contributed by atoms with Gasteiger partial charge in [-0.3, -0.25) is 9.69 Å². The van der Waals surface area contributed by atoms with E-state index in [1.807, 2.05) is 12.1 Å². The number of carbonyl (C=O) groups excluding carboxylic acids is 1. The van der Waals surface area contributed by atoms with E-state index in [0.717, 1.165) is 55.5 Å². The normalized spacial score (nSPS) is 27.6. The fraction of sp³-hybridized carbons (Fsp3) is 0.545.